The molecule has 0 aliphatic carbocycles. The van der Waals surface area contributed by atoms with E-state index < -0.39 is 0 Å². The quantitative estimate of drug-likeness (QED) is 0.547. The van der Waals surface area contributed by atoms with Gasteiger partial charge < -0.3 is 10.3 Å². The molecule has 3 aromatic rings. The maximum absolute atomic E-state index is 12.6. The molecule has 26 heavy (non-hydrogen) atoms. The Labute approximate surface area is 163 Å². The molecule has 0 aliphatic heterocycles. The van der Waals surface area contributed by atoms with Crippen LogP contribution < -0.4 is 5.32 Å². The average molecular weight is 413 g/mol. The van der Waals surface area contributed by atoms with Crippen LogP contribution in [0.4, 0.5) is 0 Å². The minimum Gasteiger partial charge on any atom is -0.361 e. The van der Waals surface area contributed by atoms with Crippen molar-refractivity contribution in [2.24, 2.45) is 5.92 Å². The van der Waals surface area contributed by atoms with Crippen molar-refractivity contribution in [3.63, 3.8) is 0 Å². The maximum atomic E-state index is 12.6. The van der Waals surface area contributed by atoms with Crippen molar-refractivity contribution in [1.29, 1.82) is 0 Å². The van der Waals surface area contributed by atoms with Crippen molar-refractivity contribution in [1.82, 2.24) is 10.3 Å². The van der Waals surface area contributed by atoms with E-state index in [9.17, 15) is 4.79 Å². The number of H-pyrrole nitrogens is 1. The van der Waals surface area contributed by atoms with E-state index in [2.05, 4.69) is 70.4 Å². The van der Waals surface area contributed by atoms with Crippen molar-refractivity contribution in [2.75, 3.05) is 0 Å². The number of halogens is 1. The average Bonchev–Trinajstić information content (AvgIpc) is 3.01. The van der Waals surface area contributed by atoms with Gasteiger partial charge in [-0.25, -0.2) is 0 Å². The van der Waals surface area contributed by atoms with E-state index in [-0.39, 0.29) is 11.8 Å². The first-order chi connectivity index (χ1) is 12.4. The number of carbonyl (C=O) groups excluding carboxylic acids is 1. The molecule has 0 fully saturated rings. The molecular weight excluding hydrogens is 388 g/mol. The van der Waals surface area contributed by atoms with Crippen LogP contribution in [-0.2, 0) is 17.8 Å². The first kappa shape index (κ1) is 18.7. The van der Waals surface area contributed by atoms with E-state index in [1.54, 1.807) is 0 Å². The van der Waals surface area contributed by atoms with E-state index >= 15 is 0 Å². The molecular formula is C22H25BrN2O. The molecule has 1 amide bonds. The highest BCUT2D eigenvalue weighted by atomic mass is 79.9. The van der Waals surface area contributed by atoms with Crippen LogP contribution in [0.3, 0.4) is 0 Å². The van der Waals surface area contributed by atoms with E-state index in [0.29, 0.717) is 12.5 Å². The predicted octanol–water partition coefficient (Wildman–Crippen LogP) is 5.55. The van der Waals surface area contributed by atoms with Gasteiger partial charge >= 0.3 is 0 Å². The lowest BCUT2D eigenvalue weighted by Crippen LogP contribution is -2.27. The number of aromatic amines is 1. The van der Waals surface area contributed by atoms with Crippen LogP contribution in [0.25, 0.3) is 10.9 Å². The number of aromatic nitrogens is 1. The van der Waals surface area contributed by atoms with Crippen LogP contribution in [0.2, 0.25) is 0 Å². The van der Waals surface area contributed by atoms with Crippen LogP contribution in [0.5, 0.6) is 0 Å². The summed E-state index contributed by atoms with van der Waals surface area (Å²) in [7, 11) is 0. The lowest BCUT2D eigenvalue weighted by atomic mass is 9.96. The molecule has 3 nitrogen and oxygen atoms in total. The Bertz CT molecular complexity index is 896. The Kier molecular flexibility index (Phi) is 5.82. The summed E-state index contributed by atoms with van der Waals surface area (Å²) in [5, 5.41) is 4.20. The van der Waals surface area contributed by atoms with E-state index in [1.165, 1.54) is 5.56 Å². The third-order valence-electron chi connectivity index (χ3n) is 4.70. The molecule has 0 saturated heterocycles. The van der Waals surface area contributed by atoms with E-state index in [1.807, 2.05) is 25.3 Å². The number of nitrogens with one attached hydrogen (secondary N) is 2. The molecule has 0 bridgehead atoms. The summed E-state index contributed by atoms with van der Waals surface area (Å²) >= 11 is 3.50. The summed E-state index contributed by atoms with van der Waals surface area (Å²) < 4.78 is 1.03. The SMILES string of the molecule is CC(C)Cc1ccc(C(C)C(=O)NCc2c[nH]c3ccc(Br)cc23)cc1. The second kappa shape index (κ2) is 8.09. The lowest BCUT2D eigenvalue weighted by Gasteiger charge is -2.13. The highest BCUT2D eigenvalue weighted by molar-refractivity contribution is 9.10. The van der Waals surface area contributed by atoms with Crippen molar-refractivity contribution in [2.45, 2.75) is 39.7 Å². The Morgan fingerprint density at radius 1 is 1.12 bits per heavy atom. The summed E-state index contributed by atoms with van der Waals surface area (Å²) in [4.78, 5) is 15.8. The zero-order valence-electron chi connectivity index (χ0n) is 15.5. The maximum Gasteiger partial charge on any atom is 0.227 e. The summed E-state index contributed by atoms with van der Waals surface area (Å²) in [6.07, 6.45) is 3.03. The van der Waals surface area contributed by atoms with Crippen LogP contribution in [0.1, 0.15) is 43.4 Å². The van der Waals surface area contributed by atoms with Gasteiger partial charge in [-0.15, -0.1) is 0 Å². The fourth-order valence-electron chi connectivity index (χ4n) is 3.20. The zero-order valence-corrected chi connectivity index (χ0v) is 17.1. The van der Waals surface area contributed by atoms with Crippen molar-refractivity contribution in [3.8, 4) is 0 Å². The van der Waals surface area contributed by atoms with Gasteiger partial charge in [0.1, 0.15) is 0 Å². The van der Waals surface area contributed by atoms with E-state index in [0.717, 1.165) is 32.9 Å². The standard InChI is InChI=1S/C22H25BrN2O/c1-14(2)10-16-4-6-17(7-5-16)15(3)22(26)25-13-18-12-24-21-9-8-19(23)11-20(18)21/h4-9,11-12,14-15,24H,10,13H2,1-3H3,(H,25,26). The van der Waals surface area contributed by atoms with Gasteiger partial charge in [0, 0.05) is 28.1 Å². The molecule has 3 rings (SSSR count). The van der Waals surface area contributed by atoms with Gasteiger partial charge in [-0.3, -0.25) is 4.79 Å². The first-order valence-electron chi connectivity index (χ1n) is 9.06. The molecule has 1 atom stereocenters. The van der Waals surface area contributed by atoms with Crippen molar-refractivity contribution >= 4 is 32.7 Å². The predicted molar refractivity (Wildman–Crippen MR) is 111 cm³/mol. The molecule has 0 spiro atoms. The fourth-order valence-corrected chi connectivity index (χ4v) is 3.56. The largest absolute Gasteiger partial charge is 0.361 e. The van der Waals surface area contributed by atoms with Crippen LogP contribution in [-0.4, -0.2) is 10.9 Å². The highest BCUT2D eigenvalue weighted by Gasteiger charge is 2.15. The third kappa shape index (κ3) is 4.36. The topological polar surface area (TPSA) is 44.9 Å². The molecule has 4 heteroatoms. The third-order valence-corrected chi connectivity index (χ3v) is 5.19. The molecule has 1 unspecified atom stereocenters. The number of fused-ring (bicyclic) bond motifs is 1. The molecule has 1 heterocycles. The molecule has 2 aromatic carbocycles. The number of hydrogen-bond donors (Lipinski definition) is 2. The van der Waals surface area contributed by atoms with Gasteiger partial charge in [0.05, 0.1) is 5.92 Å². The Morgan fingerprint density at radius 3 is 2.54 bits per heavy atom. The smallest absolute Gasteiger partial charge is 0.227 e. The summed E-state index contributed by atoms with van der Waals surface area (Å²) in [6, 6.07) is 14.5. The molecule has 0 aliphatic rings. The lowest BCUT2D eigenvalue weighted by molar-refractivity contribution is -0.122. The number of rotatable bonds is 6. The monoisotopic (exact) mass is 412 g/mol. The minimum absolute atomic E-state index is 0.0472. The molecule has 2 N–H and O–H groups in total. The molecule has 1 aromatic heterocycles. The Balaban J connectivity index is 1.64. The van der Waals surface area contributed by atoms with Gasteiger partial charge in [-0.05, 0) is 54.2 Å². The number of amides is 1. The van der Waals surface area contributed by atoms with Crippen molar-refractivity contribution < 1.29 is 4.79 Å². The molecule has 0 saturated carbocycles. The fraction of sp³-hybridized carbons (Fsp3) is 0.318. The summed E-state index contributed by atoms with van der Waals surface area (Å²) in [6.45, 7) is 6.91. The second-order valence-electron chi connectivity index (χ2n) is 7.28. The van der Waals surface area contributed by atoms with Crippen LogP contribution in [0, 0.1) is 5.92 Å². The summed E-state index contributed by atoms with van der Waals surface area (Å²) in [5.74, 6) is 0.517. The van der Waals surface area contributed by atoms with Crippen LogP contribution in [0.15, 0.2) is 53.1 Å². The van der Waals surface area contributed by atoms with Gasteiger partial charge in [0.2, 0.25) is 5.91 Å². The summed E-state index contributed by atoms with van der Waals surface area (Å²) in [5.41, 5.74) is 4.54. The Hall–Kier alpha value is -2.07. The first-order valence-corrected chi connectivity index (χ1v) is 9.85. The van der Waals surface area contributed by atoms with Gasteiger partial charge in [-0.2, -0.15) is 0 Å². The zero-order chi connectivity index (χ0) is 18.7. The normalized spacial score (nSPS) is 12.5. The number of carbonyl (C=O) groups is 1. The van der Waals surface area contributed by atoms with Gasteiger partial charge in [0.15, 0.2) is 0 Å². The number of hydrogen-bond acceptors (Lipinski definition) is 1. The van der Waals surface area contributed by atoms with E-state index in [4.69, 9.17) is 0 Å². The highest BCUT2D eigenvalue weighted by Crippen LogP contribution is 2.23. The van der Waals surface area contributed by atoms with Crippen LogP contribution >= 0.6 is 15.9 Å². The second-order valence-corrected chi connectivity index (χ2v) is 8.20. The molecule has 136 valence electrons. The Morgan fingerprint density at radius 2 is 1.85 bits per heavy atom. The number of benzene rings is 2. The van der Waals surface area contributed by atoms with Gasteiger partial charge in [-0.1, -0.05) is 54.0 Å². The van der Waals surface area contributed by atoms with Gasteiger partial charge in [0.25, 0.3) is 0 Å². The minimum atomic E-state index is -0.167. The van der Waals surface area contributed by atoms with Crippen molar-refractivity contribution in [3.05, 3.63) is 69.8 Å². The molecule has 0 radical (unpaired) electrons.